The Hall–Kier alpha value is -2.99. The first-order valence-corrected chi connectivity index (χ1v) is 10.5. The van der Waals surface area contributed by atoms with Crippen molar-refractivity contribution < 1.29 is 13.9 Å². The van der Waals surface area contributed by atoms with Gasteiger partial charge in [0.15, 0.2) is 17.1 Å². The Bertz CT molecular complexity index is 1010. The molecule has 1 aromatic heterocycles. The Morgan fingerprint density at radius 2 is 1.90 bits per heavy atom. The number of amides is 1. The third-order valence-corrected chi connectivity index (χ3v) is 5.63. The van der Waals surface area contributed by atoms with Crippen LogP contribution in [0.15, 0.2) is 52.9 Å². The van der Waals surface area contributed by atoms with Crippen LogP contribution in [0.5, 0.6) is 5.75 Å². The molecule has 3 aromatic rings. The smallest absolute Gasteiger partial charge is 0.287 e. The van der Waals surface area contributed by atoms with Crippen LogP contribution in [0.25, 0.3) is 11.0 Å². The Morgan fingerprint density at radius 3 is 2.67 bits per heavy atom. The van der Waals surface area contributed by atoms with Gasteiger partial charge in [-0.2, -0.15) is 0 Å². The molecule has 30 heavy (non-hydrogen) atoms. The number of nitrogens with one attached hydrogen (secondary N) is 1. The summed E-state index contributed by atoms with van der Waals surface area (Å²) in [6.45, 7) is 7.92. The lowest BCUT2D eigenvalue weighted by Crippen LogP contribution is -2.47. The van der Waals surface area contributed by atoms with Gasteiger partial charge in [-0.3, -0.25) is 9.69 Å². The molecule has 0 saturated carbocycles. The summed E-state index contributed by atoms with van der Waals surface area (Å²) < 4.78 is 11.0. The average molecular weight is 408 g/mol. The summed E-state index contributed by atoms with van der Waals surface area (Å²) in [6, 6.07) is 16.1. The first-order chi connectivity index (χ1) is 14.6. The number of carbonyl (C=O) groups excluding carboxylic acids is 1. The number of fused-ring (bicyclic) bond motifs is 1. The standard InChI is InChI=1S/C24H29N3O3/c1-18-6-3-8-20(16-18)27-14-12-26(13-15-27)11-5-10-25-24(28)22-17-19-7-4-9-21(29-2)23(19)30-22/h3-4,6-9,16-17H,5,10-15H2,1-2H3,(H,25,28). The maximum absolute atomic E-state index is 12.4. The van der Waals surface area contributed by atoms with E-state index in [4.69, 9.17) is 9.15 Å². The Balaban J connectivity index is 1.21. The summed E-state index contributed by atoms with van der Waals surface area (Å²) in [7, 11) is 1.59. The van der Waals surface area contributed by atoms with E-state index in [2.05, 4.69) is 46.3 Å². The van der Waals surface area contributed by atoms with E-state index in [0.29, 0.717) is 23.6 Å². The van der Waals surface area contributed by atoms with Crippen molar-refractivity contribution in [2.75, 3.05) is 51.3 Å². The van der Waals surface area contributed by atoms with Gasteiger partial charge in [-0.25, -0.2) is 0 Å². The summed E-state index contributed by atoms with van der Waals surface area (Å²) in [5.41, 5.74) is 3.22. The molecule has 1 amide bonds. The number of para-hydroxylation sites is 1. The monoisotopic (exact) mass is 407 g/mol. The van der Waals surface area contributed by atoms with Gasteiger partial charge in [0, 0.05) is 43.8 Å². The minimum atomic E-state index is -0.183. The molecule has 2 heterocycles. The number of methoxy groups -OCH3 is 1. The van der Waals surface area contributed by atoms with Crippen molar-refractivity contribution >= 4 is 22.6 Å². The summed E-state index contributed by atoms with van der Waals surface area (Å²) >= 11 is 0. The highest BCUT2D eigenvalue weighted by Crippen LogP contribution is 2.28. The highest BCUT2D eigenvalue weighted by Gasteiger charge is 2.18. The molecule has 1 aliphatic heterocycles. The highest BCUT2D eigenvalue weighted by atomic mass is 16.5. The number of benzene rings is 2. The fourth-order valence-electron chi connectivity index (χ4n) is 3.96. The van der Waals surface area contributed by atoms with Gasteiger partial charge in [0.25, 0.3) is 5.91 Å². The highest BCUT2D eigenvalue weighted by molar-refractivity contribution is 5.97. The molecule has 0 unspecified atom stereocenters. The molecule has 0 spiro atoms. The van der Waals surface area contributed by atoms with Crippen molar-refractivity contribution in [2.24, 2.45) is 0 Å². The van der Waals surface area contributed by atoms with Crippen molar-refractivity contribution in [3.63, 3.8) is 0 Å². The number of anilines is 1. The molecule has 0 aliphatic carbocycles. The second-order valence-corrected chi connectivity index (χ2v) is 7.77. The van der Waals surface area contributed by atoms with Crippen LogP contribution >= 0.6 is 0 Å². The number of nitrogens with zero attached hydrogens (tertiary/aromatic N) is 2. The average Bonchev–Trinajstić information content (AvgIpc) is 3.21. The van der Waals surface area contributed by atoms with Crippen LogP contribution in [-0.2, 0) is 0 Å². The number of furan rings is 1. The van der Waals surface area contributed by atoms with Crippen molar-refractivity contribution in [1.29, 1.82) is 0 Å². The van der Waals surface area contributed by atoms with Gasteiger partial charge in [-0.05, 0) is 49.7 Å². The lowest BCUT2D eigenvalue weighted by atomic mass is 10.2. The minimum Gasteiger partial charge on any atom is -0.493 e. The van der Waals surface area contributed by atoms with Crippen LogP contribution in [0.2, 0.25) is 0 Å². The molecule has 1 aliphatic rings. The zero-order valence-corrected chi connectivity index (χ0v) is 17.7. The number of ether oxygens (including phenoxy) is 1. The maximum atomic E-state index is 12.4. The Kier molecular flexibility index (Phi) is 6.23. The van der Waals surface area contributed by atoms with E-state index in [-0.39, 0.29) is 5.91 Å². The summed E-state index contributed by atoms with van der Waals surface area (Å²) in [5, 5.41) is 3.83. The van der Waals surface area contributed by atoms with E-state index >= 15 is 0 Å². The summed E-state index contributed by atoms with van der Waals surface area (Å²) in [5.74, 6) is 0.773. The Labute approximate surface area is 177 Å². The van der Waals surface area contributed by atoms with E-state index in [1.807, 2.05) is 18.2 Å². The molecule has 1 N–H and O–H groups in total. The predicted molar refractivity (Wildman–Crippen MR) is 120 cm³/mol. The largest absolute Gasteiger partial charge is 0.493 e. The first kappa shape index (κ1) is 20.3. The fourth-order valence-corrected chi connectivity index (χ4v) is 3.96. The van der Waals surface area contributed by atoms with Crippen LogP contribution < -0.4 is 15.0 Å². The fraction of sp³-hybridized carbons (Fsp3) is 0.375. The van der Waals surface area contributed by atoms with Gasteiger partial charge in [0.05, 0.1) is 7.11 Å². The van der Waals surface area contributed by atoms with Crippen LogP contribution in [-0.4, -0.2) is 57.2 Å². The number of piperazine rings is 1. The van der Waals surface area contributed by atoms with Gasteiger partial charge < -0.3 is 19.4 Å². The number of aryl methyl sites for hydroxylation is 1. The summed E-state index contributed by atoms with van der Waals surface area (Å²) in [6.07, 6.45) is 0.916. The van der Waals surface area contributed by atoms with E-state index in [9.17, 15) is 4.79 Å². The first-order valence-electron chi connectivity index (χ1n) is 10.5. The van der Waals surface area contributed by atoms with Crippen LogP contribution in [0.1, 0.15) is 22.5 Å². The molecule has 4 rings (SSSR count). The zero-order chi connectivity index (χ0) is 20.9. The van der Waals surface area contributed by atoms with Crippen LogP contribution in [0, 0.1) is 6.92 Å². The number of rotatable bonds is 7. The SMILES string of the molecule is COc1cccc2cc(C(=O)NCCCN3CCN(c4cccc(C)c4)CC3)oc12. The molecule has 6 nitrogen and oxygen atoms in total. The molecule has 1 fully saturated rings. The van der Waals surface area contributed by atoms with Crippen molar-refractivity contribution in [1.82, 2.24) is 10.2 Å². The third kappa shape index (κ3) is 4.60. The number of carbonyl (C=O) groups is 1. The molecule has 0 radical (unpaired) electrons. The molecule has 0 atom stereocenters. The molecule has 6 heteroatoms. The molecular formula is C24H29N3O3. The number of hydrogen-bond donors (Lipinski definition) is 1. The second kappa shape index (κ2) is 9.22. The molecule has 2 aromatic carbocycles. The van der Waals surface area contributed by atoms with Crippen molar-refractivity contribution in [3.05, 3.63) is 59.9 Å². The van der Waals surface area contributed by atoms with E-state index in [0.717, 1.165) is 44.5 Å². The predicted octanol–water partition coefficient (Wildman–Crippen LogP) is 3.69. The second-order valence-electron chi connectivity index (χ2n) is 7.77. The molecule has 158 valence electrons. The van der Waals surface area contributed by atoms with Crippen LogP contribution in [0.3, 0.4) is 0 Å². The quantitative estimate of drug-likeness (QED) is 0.606. The van der Waals surface area contributed by atoms with E-state index in [1.165, 1.54) is 11.3 Å². The lowest BCUT2D eigenvalue weighted by Gasteiger charge is -2.36. The lowest BCUT2D eigenvalue weighted by molar-refractivity contribution is 0.0926. The van der Waals surface area contributed by atoms with Crippen molar-refractivity contribution in [2.45, 2.75) is 13.3 Å². The number of hydrogen-bond acceptors (Lipinski definition) is 5. The zero-order valence-electron chi connectivity index (χ0n) is 17.7. The van der Waals surface area contributed by atoms with Crippen LogP contribution in [0.4, 0.5) is 5.69 Å². The van der Waals surface area contributed by atoms with Gasteiger partial charge in [-0.15, -0.1) is 0 Å². The van der Waals surface area contributed by atoms with E-state index < -0.39 is 0 Å². The van der Waals surface area contributed by atoms with Gasteiger partial charge in [0.2, 0.25) is 0 Å². The molecule has 0 bridgehead atoms. The topological polar surface area (TPSA) is 58.0 Å². The van der Waals surface area contributed by atoms with E-state index in [1.54, 1.807) is 13.2 Å². The maximum Gasteiger partial charge on any atom is 0.287 e. The molecular weight excluding hydrogens is 378 g/mol. The van der Waals surface area contributed by atoms with Gasteiger partial charge in [-0.1, -0.05) is 24.3 Å². The minimum absolute atomic E-state index is 0.183. The van der Waals surface area contributed by atoms with Gasteiger partial charge in [0.1, 0.15) is 0 Å². The van der Waals surface area contributed by atoms with Gasteiger partial charge >= 0.3 is 0 Å². The normalized spacial score (nSPS) is 14.8. The molecule has 1 saturated heterocycles. The van der Waals surface area contributed by atoms with Crippen molar-refractivity contribution in [3.8, 4) is 5.75 Å². The Morgan fingerprint density at radius 1 is 1.10 bits per heavy atom. The third-order valence-electron chi connectivity index (χ3n) is 5.63. The summed E-state index contributed by atoms with van der Waals surface area (Å²) in [4.78, 5) is 17.3.